The Morgan fingerprint density at radius 3 is 2.26 bits per heavy atom. The summed E-state index contributed by atoms with van der Waals surface area (Å²) >= 11 is 0. The zero-order chi connectivity index (χ0) is 35.2. The van der Waals surface area contributed by atoms with E-state index in [2.05, 4.69) is 62.3 Å². The third-order valence-corrected chi connectivity index (χ3v) is 12.7. The Hall–Kier alpha value is -4.28. The molecule has 0 saturated heterocycles. The minimum absolute atomic E-state index is 0.0115. The molecule has 2 aromatic heterocycles. The normalized spacial score (nSPS) is 16.8. The van der Waals surface area contributed by atoms with Gasteiger partial charge in [0, 0.05) is 42.6 Å². The standard InChI is InChI=1S/C34H47N7O5Si/c1-31(2,3)45-29(42)40-20-34(10,21-44-47(11,12)33(7,8)9)24-18-22(17-23(19-35)27(24)40)25-13-15-36-28(37-25)38-26-14-16-41(39-26)30(43)46-32(4,5)6/h13-18H,20-21H2,1-12H3,(H,36,37,38,39). The summed E-state index contributed by atoms with van der Waals surface area (Å²) in [6.07, 6.45) is 1.96. The number of hydrogen-bond donors (Lipinski definition) is 1. The molecule has 1 amide bonds. The first kappa shape index (κ1) is 35.6. The minimum atomic E-state index is -2.15. The summed E-state index contributed by atoms with van der Waals surface area (Å²) in [5.41, 5.74) is 0.866. The van der Waals surface area contributed by atoms with Crippen molar-refractivity contribution >= 4 is 38.0 Å². The molecule has 0 spiro atoms. The van der Waals surface area contributed by atoms with E-state index in [1.807, 2.05) is 26.8 Å². The van der Waals surface area contributed by atoms with E-state index in [-0.39, 0.29) is 11.0 Å². The highest BCUT2D eigenvalue weighted by atomic mass is 28.4. The number of nitrogens with one attached hydrogen (secondary N) is 1. The molecule has 252 valence electrons. The lowest BCUT2D eigenvalue weighted by Gasteiger charge is -2.39. The van der Waals surface area contributed by atoms with Crippen molar-refractivity contribution in [1.29, 1.82) is 5.26 Å². The number of fused-ring (bicyclic) bond motifs is 1. The highest BCUT2D eigenvalue weighted by molar-refractivity contribution is 6.74. The van der Waals surface area contributed by atoms with Gasteiger partial charge in [-0.2, -0.15) is 9.94 Å². The summed E-state index contributed by atoms with van der Waals surface area (Å²) in [6, 6.07) is 9.36. The monoisotopic (exact) mass is 661 g/mol. The number of amides is 1. The van der Waals surface area contributed by atoms with E-state index in [9.17, 15) is 14.9 Å². The van der Waals surface area contributed by atoms with Gasteiger partial charge in [-0.15, -0.1) is 5.10 Å². The summed E-state index contributed by atoms with van der Waals surface area (Å²) < 4.78 is 19.0. The first-order valence-corrected chi connectivity index (χ1v) is 18.6. The van der Waals surface area contributed by atoms with E-state index in [0.717, 1.165) is 10.2 Å². The van der Waals surface area contributed by atoms with Crippen LogP contribution in [0.15, 0.2) is 36.7 Å². The Morgan fingerprint density at radius 2 is 1.66 bits per heavy atom. The van der Waals surface area contributed by atoms with Crippen LogP contribution in [0, 0.1) is 11.3 Å². The van der Waals surface area contributed by atoms with Crippen LogP contribution in [0.1, 0.15) is 80.4 Å². The predicted molar refractivity (Wildman–Crippen MR) is 183 cm³/mol. The quantitative estimate of drug-likeness (QED) is 0.260. The Morgan fingerprint density at radius 1 is 1.02 bits per heavy atom. The maximum Gasteiger partial charge on any atom is 0.435 e. The van der Waals surface area contributed by atoms with Crippen molar-refractivity contribution in [3.05, 3.63) is 47.8 Å². The number of benzene rings is 1. The topological polar surface area (TPSA) is 144 Å². The van der Waals surface area contributed by atoms with Crippen molar-refractivity contribution < 1.29 is 23.5 Å². The molecule has 47 heavy (non-hydrogen) atoms. The van der Waals surface area contributed by atoms with Gasteiger partial charge < -0.3 is 19.2 Å². The SMILES string of the molecule is CC(C)(C)OC(=O)N1CC(C)(CO[Si](C)(C)C(C)(C)C)c2cc(-c3ccnc(Nc4ccn(C(=O)OC(C)(C)C)n4)n3)cc(C#N)c21. The van der Waals surface area contributed by atoms with E-state index >= 15 is 0 Å². The molecule has 0 bridgehead atoms. The maximum atomic E-state index is 13.5. The summed E-state index contributed by atoms with van der Waals surface area (Å²) in [7, 11) is -2.15. The van der Waals surface area contributed by atoms with Gasteiger partial charge in [0.15, 0.2) is 14.1 Å². The number of carbonyl (C=O) groups excluding carboxylic acids is 2. The summed E-state index contributed by atoms with van der Waals surface area (Å²) in [4.78, 5) is 36.5. The second kappa shape index (κ2) is 12.4. The van der Waals surface area contributed by atoms with Crippen molar-refractivity contribution in [3.8, 4) is 17.3 Å². The average molecular weight is 662 g/mol. The van der Waals surface area contributed by atoms with Crippen LogP contribution < -0.4 is 10.2 Å². The molecule has 1 aliphatic heterocycles. The number of aromatic nitrogens is 4. The molecule has 1 N–H and O–H groups in total. The van der Waals surface area contributed by atoms with Crippen LogP contribution in [-0.2, 0) is 19.3 Å². The fourth-order valence-corrected chi connectivity index (χ4v) is 5.89. The number of rotatable bonds is 6. The molecule has 4 rings (SSSR count). The molecule has 0 fully saturated rings. The molecule has 1 aromatic carbocycles. The zero-order valence-corrected chi connectivity index (χ0v) is 30.6. The van der Waals surface area contributed by atoms with Gasteiger partial charge in [-0.25, -0.2) is 19.6 Å². The van der Waals surface area contributed by atoms with Gasteiger partial charge >= 0.3 is 12.2 Å². The molecular weight excluding hydrogens is 615 g/mol. The Labute approximate surface area is 278 Å². The lowest BCUT2D eigenvalue weighted by atomic mass is 9.83. The van der Waals surface area contributed by atoms with E-state index in [4.69, 9.17) is 18.9 Å². The van der Waals surface area contributed by atoms with Crippen molar-refractivity contribution in [2.24, 2.45) is 0 Å². The average Bonchev–Trinajstić information content (AvgIpc) is 3.52. The molecular formula is C34H47N7O5Si. The Balaban J connectivity index is 1.72. The lowest BCUT2D eigenvalue weighted by molar-refractivity contribution is 0.0513. The van der Waals surface area contributed by atoms with Crippen LogP contribution in [-0.4, -0.2) is 64.6 Å². The highest BCUT2D eigenvalue weighted by Gasteiger charge is 2.47. The number of carbonyl (C=O) groups is 2. The van der Waals surface area contributed by atoms with Gasteiger partial charge in [-0.05, 0) is 83.4 Å². The molecule has 0 aliphatic carbocycles. The van der Waals surface area contributed by atoms with E-state index in [1.54, 1.807) is 50.1 Å². The fourth-order valence-electron chi connectivity index (χ4n) is 4.78. The molecule has 0 saturated carbocycles. The molecule has 3 aromatic rings. The van der Waals surface area contributed by atoms with Gasteiger partial charge in [0.25, 0.3) is 0 Å². The third-order valence-electron chi connectivity index (χ3n) is 8.19. The molecule has 0 radical (unpaired) electrons. The van der Waals surface area contributed by atoms with Gasteiger partial charge in [-0.3, -0.25) is 4.90 Å². The molecule has 1 aliphatic rings. The van der Waals surface area contributed by atoms with Gasteiger partial charge in [-0.1, -0.05) is 27.7 Å². The first-order valence-electron chi connectivity index (χ1n) is 15.6. The van der Waals surface area contributed by atoms with Crippen molar-refractivity contribution in [2.45, 2.75) is 104 Å². The number of ether oxygens (including phenoxy) is 2. The number of anilines is 3. The lowest BCUT2D eigenvalue weighted by Crippen LogP contribution is -2.46. The van der Waals surface area contributed by atoms with Crippen molar-refractivity contribution in [3.63, 3.8) is 0 Å². The third kappa shape index (κ3) is 8.18. The van der Waals surface area contributed by atoms with Crippen LogP contribution in [0.3, 0.4) is 0 Å². The predicted octanol–water partition coefficient (Wildman–Crippen LogP) is 7.77. The van der Waals surface area contributed by atoms with Crippen LogP contribution in [0.2, 0.25) is 18.1 Å². The van der Waals surface area contributed by atoms with Crippen LogP contribution in [0.4, 0.5) is 27.0 Å². The summed E-state index contributed by atoms with van der Waals surface area (Å²) in [5.74, 6) is 0.596. The van der Waals surface area contributed by atoms with Gasteiger partial charge in [0.1, 0.15) is 17.3 Å². The second-order valence-corrected chi connectivity index (χ2v) is 20.5. The molecule has 1 unspecified atom stereocenters. The van der Waals surface area contributed by atoms with Gasteiger partial charge in [0.05, 0.1) is 16.9 Å². The fraction of sp³-hybridized carbons (Fsp3) is 0.529. The minimum Gasteiger partial charge on any atom is -0.443 e. The molecule has 3 heterocycles. The molecule has 13 heteroatoms. The maximum absolute atomic E-state index is 13.5. The number of hydrogen-bond acceptors (Lipinski definition) is 10. The Kier molecular flexibility index (Phi) is 9.38. The smallest absolute Gasteiger partial charge is 0.435 e. The summed E-state index contributed by atoms with van der Waals surface area (Å²) in [5, 5.41) is 17.6. The van der Waals surface area contributed by atoms with Crippen LogP contribution >= 0.6 is 0 Å². The van der Waals surface area contributed by atoms with Crippen molar-refractivity contribution in [2.75, 3.05) is 23.4 Å². The largest absolute Gasteiger partial charge is 0.443 e. The first-order chi connectivity index (χ1) is 21.5. The highest BCUT2D eigenvalue weighted by Crippen LogP contribution is 2.47. The van der Waals surface area contributed by atoms with Crippen LogP contribution in [0.5, 0.6) is 0 Å². The number of nitrogens with zero attached hydrogens (tertiary/aromatic N) is 6. The van der Waals surface area contributed by atoms with E-state index in [1.165, 1.54) is 6.20 Å². The zero-order valence-electron chi connectivity index (χ0n) is 29.6. The Bertz CT molecular complexity index is 1710. The molecule has 1 atom stereocenters. The van der Waals surface area contributed by atoms with Gasteiger partial charge in [0.2, 0.25) is 5.95 Å². The molecule has 12 nitrogen and oxygen atoms in total. The second-order valence-electron chi connectivity index (χ2n) is 15.7. The summed E-state index contributed by atoms with van der Waals surface area (Å²) in [6.45, 7) is 24.5. The van der Waals surface area contributed by atoms with E-state index in [0.29, 0.717) is 41.5 Å². The van der Waals surface area contributed by atoms with E-state index < -0.39 is 37.1 Å². The number of nitriles is 1. The van der Waals surface area contributed by atoms with Crippen LogP contribution in [0.25, 0.3) is 11.3 Å². The van der Waals surface area contributed by atoms with Crippen molar-refractivity contribution in [1.82, 2.24) is 19.7 Å².